The van der Waals surface area contributed by atoms with E-state index in [1.807, 2.05) is 0 Å². The maximum atomic E-state index is 12.5. The van der Waals surface area contributed by atoms with Gasteiger partial charge in [-0.1, -0.05) is 0 Å². The van der Waals surface area contributed by atoms with Gasteiger partial charge in [-0.15, -0.1) is 0 Å². The molecule has 0 aromatic carbocycles. The lowest BCUT2D eigenvalue weighted by Gasteiger charge is -2.12. The first-order chi connectivity index (χ1) is 6.39. The first-order valence-electron chi connectivity index (χ1n) is 4.12. The molecule has 0 unspecified atom stereocenters. The van der Waals surface area contributed by atoms with Gasteiger partial charge < -0.3 is 10.6 Å². The molecule has 0 bridgehead atoms. The minimum atomic E-state index is -4.87. The zero-order valence-electron chi connectivity index (χ0n) is 7.20. The number of amides is 1. The Bertz CT molecular complexity index is 218. The topological polar surface area (TPSA) is 41.1 Å². The number of halogens is 4. The van der Waals surface area contributed by atoms with E-state index in [1.165, 1.54) is 0 Å². The van der Waals surface area contributed by atoms with Gasteiger partial charge in [-0.3, -0.25) is 4.79 Å². The van der Waals surface area contributed by atoms with E-state index in [9.17, 15) is 22.4 Å². The van der Waals surface area contributed by atoms with E-state index in [-0.39, 0.29) is 19.5 Å². The first kappa shape index (κ1) is 11.2. The van der Waals surface area contributed by atoms with Gasteiger partial charge in [0, 0.05) is 19.1 Å². The summed E-state index contributed by atoms with van der Waals surface area (Å²) in [6, 6.07) is -0.406. The average molecular weight is 214 g/mol. The van der Waals surface area contributed by atoms with Crippen LogP contribution in [0.15, 0.2) is 0 Å². The van der Waals surface area contributed by atoms with Crippen LogP contribution in [0, 0.1) is 0 Å². The fourth-order valence-corrected chi connectivity index (χ4v) is 1.24. The third-order valence-electron chi connectivity index (χ3n) is 1.93. The van der Waals surface area contributed by atoms with Crippen LogP contribution in [0.4, 0.5) is 17.6 Å². The quantitative estimate of drug-likeness (QED) is 0.652. The van der Waals surface area contributed by atoms with Gasteiger partial charge in [0.25, 0.3) is 0 Å². The smallest absolute Gasteiger partial charge is 0.347 e. The van der Waals surface area contributed by atoms with Crippen LogP contribution in [-0.2, 0) is 4.79 Å². The normalized spacial score (nSPS) is 27.7. The molecule has 0 spiro atoms. The zero-order valence-corrected chi connectivity index (χ0v) is 7.20. The van der Waals surface area contributed by atoms with Crippen molar-refractivity contribution in [2.45, 2.75) is 24.8 Å². The van der Waals surface area contributed by atoms with Crippen molar-refractivity contribution in [3.63, 3.8) is 0 Å². The van der Waals surface area contributed by atoms with E-state index in [4.69, 9.17) is 0 Å². The van der Waals surface area contributed by atoms with Gasteiger partial charge in [-0.05, 0) is 6.42 Å². The molecule has 1 saturated heterocycles. The van der Waals surface area contributed by atoms with Gasteiger partial charge in [0.15, 0.2) is 0 Å². The molecule has 3 nitrogen and oxygen atoms in total. The van der Waals surface area contributed by atoms with Gasteiger partial charge in [0.1, 0.15) is 6.17 Å². The Labute approximate surface area is 77.8 Å². The molecule has 1 fully saturated rings. The van der Waals surface area contributed by atoms with E-state index in [0.29, 0.717) is 0 Å². The highest BCUT2D eigenvalue weighted by atomic mass is 19.4. The summed E-state index contributed by atoms with van der Waals surface area (Å²) in [4.78, 5) is 10.3. The second-order valence-corrected chi connectivity index (χ2v) is 3.15. The highest BCUT2D eigenvalue weighted by Gasteiger charge is 2.39. The summed E-state index contributed by atoms with van der Waals surface area (Å²) in [6.07, 6.45) is -5.77. The molecule has 0 radical (unpaired) electrons. The summed E-state index contributed by atoms with van der Waals surface area (Å²) in [6.45, 7) is -0.0642. The molecular formula is C7H10F4N2O. The van der Waals surface area contributed by atoms with Crippen LogP contribution < -0.4 is 10.6 Å². The van der Waals surface area contributed by atoms with Crippen molar-refractivity contribution in [2.24, 2.45) is 0 Å². The minimum Gasteiger partial charge on any atom is -0.347 e. The number of nitrogens with one attached hydrogen (secondary N) is 2. The second kappa shape index (κ2) is 4.12. The summed E-state index contributed by atoms with van der Waals surface area (Å²) in [7, 11) is 0. The van der Waals surface area contributed by atoms with Crippen molar-refractivity contribution in [1.29, 1.82) is 0 Å². The number of carbonyl (C=O) groups is 1. The van der Waals surface area contributed by atoms with Crippen molar-refractivity contribution in [2.75, 3.05) is 13.1 Å². The number of hydrogen-bond donors (Lipinski definition) is 2. The van der Waals surface area contributed by atoms with Crippen molar-refractivity contribution in [3.8, 4) is 0 Å². The first-order valence-corrected chi connectivity index (χ1v) is 4.12. The molecule has 1 rings (SSSR count). The van der Waals surface area contributed by atoms with E-state index < -0.39 is 24.3 Å². The maximum absolute atomic E-state index is 12.5. The Morgan fingerprint density at radius 2 is 2.14 bits per heavy atom. The Morgan fingerprint density at radius 1 is 1.50 bits per heavy atom. The Kier molecular flexibility index (Phi) is 3.30. The molecule has 14 heavy (non-hydrogen) atoms. The predicted molar refractivity (Wildman–Crippen MR) is 40.4 cm³/mol. The van der Waals surface area contributed by atoms with Crippen LogP contribution in [-0.4, -0.2) is 37.4 Å². The van der Waals surface area contributed by atoms with E-state index in [1.54, 1.807) is 5.32 Å². The largest absolute Gasteiger partial charge is 0.471 e. The van der Waals surface area contributed by atoms with Crippen LogP contribution in [0.5, 0.6) is 0 Å². The van der Waals surface area contributed by atoms with Gasteiger partial charge in [-0.25, -0.2) is 4.39 Å². The molecule has 1 heterocycles. The van der Waals surface area contributed by atoms with Crippen LogP contribution >= 0.6 is 0 Å². The number of alkyl halides is 4. The number of carbonyl (C=O) groups excluding carboxylic acids is 1. The van der Waals surface area contributed by atoms with Gasteiger partial charge in [0.2, 0.25) is 0 Å². The molecule has 0 aromatic heterocycles. The fourth-order valence-electron chi connectivity index (χ4n) is 1.24. The molecule has 2 atom stereocenters. The van der Waals surface area contributed by atoms with Crippen molar-refractivity contribution >= 4 is 5.91 Å². The molecule has 0 saturated carbocycles. The van der Waals surface area contributed by atoms with Crippen molar-refractivity contribution < 1.29 is 22.4 Å². The minimum absolute atomic E-state index is 0.132. The van der Waals surface area contributed by atoms with E-state index >= 15 is 0 Å². The van der Waals surface area contributed by atoms with Gasteiger partial charge in [-0.2, -0.15) is 13.2 Å². The summed E-state index contributed by atoms with van der Waals surface area (Å²) in [5.74, 6) is -1.98. The summed E-state index contributed by atoms with van der Waals surface area (Å²) >= 11 is 0. The van der Waals surface area contributed by atoms with Crippen molar-refractivity contribution in [3.05, 3.63) is 0 Å². The third-order valence-corrected chi connectivity index (χ3v) is 1.93. The number of hydrogen-bond acceptors (Lipinski definition) is 2. The molecule has 0 aromatic rings. The third kappa shape index (κ3) is 3.13. The van der Waals surface area contributed by atoms with Crippen LogP contribution in [0.2, 0.25) is 0 Å². The van der Waals surface area contributed by atoms with Crippen molar-refractivity contribution in [1.82, 2.24) is 10.6 Å². The lowest BCUT2D eigenvalue weighted by Crippen LogP contribution is -2.43. The highest BCUT2D eigenvalue weighted by Crippen LogP contribution is 2.14. The molecule has 0 aliphatic carbocycles. The van der Waals surface area contributed by atoms with Crippen LogP contribution in [0.1, 0.15) is 6.42 Å². The monoisotopic (exact) mass is 214 g/mol. The Morgan fingerprint density at radius 3 is 2.57 bits per heavy atom. The highest BCUT2D eigenvalue weighted by molar-refractivity contribution is 5.81. The summed E-state index contributed by atoms with van der Waals surface area (Å²) in [5.41, 5.74) is 0. The summed E-state index contributed by atoms with van der Waals surface area (Å²) in [5, 5.41) is 4.35. The predicted octanol–water partition coefficient (Wildman–Crippen LogP) is 0.365. The SMILES string of the molecule is O=C(NC[C@@H]1C[C@H](F)CN1)C(F)(F)F. The number of rotatable bonds is 2. The summed E-state index contributed by atoms with van der Waals surface area (Å²) < 4.78 is 47.6. The lowest BCUT2D eigenvalue weighted by atomic mass is 10.2. The average Bonchev–Trinajstić information content (AvgIpc) is 2.45. The molecule has 82 valence electrons. The Hall–Kier alpha value is -0.850. The lowest BCUT2D eigenvalue weighted by molar-refractivity contribution is -0.173. The molecular weight excluding hydrogens is 204 g/mol. The van der Waals surface area contributed by atoms with E-state index in [2.05, 4.69) is 5.32 Å². The molecule has 2 N–H and O–H groups in total. The molecule has 1 aliphatic rings. The van der Waals surface area contributed by atoms with Crippen LogP contribution in [0.25, 0.3) is 0 Å². The Balaban J connectivity index is 2.24. The molecule has 7 heteroatoms. The molecule has 1 amide bonds. The van der Waals surface area contributed by atoms with Gasteiger partial charge >= 0.3 is 12.1 Å². The second-order valence-electron chi connectivity index (χ2n) is 3.15. The van der Waals surface area contributed by atoms with Crippen LogP contribution in [0.3, 0.4) is 0 Å². The zero-order chi connectivity index (χ0) is 10.8. The maximum Gasteiger partial charge on any atom is 0.471 e. The molecule has 1 aliphatic heterocycles. The van der Waals surface area contributed by atoms with Gasteiger partial charge in [0.05, 0.1) is 0 Å². The standard InChI is InChI=1S/C7H10F4N2O/c8-4-1-5(12-2-4)3-13-6(14)7(9,10)11/h4-5,12H,1-3H2,(H,13,14)/t4-,5-/m0/s1. The van der Waals surface area contributed by atoms with E-state index in [0.717, 1.165) is 0 Å². The fraction of sp³-hybridized carbons (Fsp3) is 0.857.